The van der Waals surface area contributed by atoms with Gasteiger partial charge in [0.05, 0.1) is 0 Å². The summed E-state index contributed by atoms with van der Waals surface area (Å²) in [5.41, 5.74) is 0. The third kappa shape index (κ3) is 53.1. The van der Waals surface area contributed by atoms with Crippen LogP contribution in [0.1, 0.15) is 362 Å². The molecule has 0 atom stereocenters. The van der Waals surface area contributed by atoms with Crippen molar-refractivity contribution in [2.75, 3.05) is 98.2 Å². The fraction of sp³-hybridized carbons (Fsp3) is 1.00. The summed E-state index contributed by atoms with van der Waals surface area (Å²) in [5.74, 6) is 0. The van der Waals surface area contributed by atoms with Gasteiger partial charge in [0.15, 0.2) is 0 Å². The number of hydrogen-bond acceptors (Lipinski definition) is 5. The topological polar surface area (TPSA) is 16.2 Å². The van der Waals surface area contributed by atoms with Gasteiger partial charge in [0.25, 0.3) is 0 Å². The average Bonchev–Trinajstić information content (AvgIpc) is 3.43. The highest BCUT2D eigenvalue weighted by Crippen LogP contribution is 2.17. The monoisotopic (exact) mass is 1070 g/mol. The molecule has 5 heteroatoms. The molecule has 456 valence electrons. The molecule has 0 aromatic carbocycles. The molecule has 0 aromatic heterocycles. The molecule has 0 aromatic rings. The fourth-order valence-electron chi connectivity index (χ4n) is 12.4. The minimum Gasteiger partial charge on any atom is -0.302 e. The number of piperazine rings is 1. The van der Waals surface area contributed by atoms with E-state index in [1.54, 1.807) is 0 Å². The minimum absolute atomic E-state index is 1.27. The van der Waals surface area contributed by atoms with Crippen molar-refractivity contribution >= 4 is 0 Å². The van der Waals surface area contributed by atoms with E-state index in [4.69, 9.17) is 0 Å². The Bertz CT molecular complexity index is 1020. The van der Waals surface area contributed by atoms with E-state index < -0.39 is 0 Å². The summed E-state index contributed by atoms with van der Waals surface area (Å²) in [6.07, 6.45) is 73.5. The van der Waals surface area contributed by atoms with Gasteiger partial charge in [-0.15, -0.1) is 0 Å². The Kier molecular flexibility index (Phi) is 60.6. The predicted octanol–water partition coefficient (Wildman–Crippen LogP) is 21.5. The van der Waals surface area contributed by atoms with Crippen molar-refractivity contribution in [1.29, 1.82) is 0 Å². The first-order valence-corrected chi connectivity index (χ1v) is 36.3. The summed E-state index contributed by atoms with van der Waals surface area (Å²) in [4.78, 5) is 14.4. The van der Waals surface area contributed by atoms with Crippen LogP contribution in [-0.2, 0) is 0 Å². The predicted molar refractivity (Wildman–Crippen MR) is 346 cm³/mol. The largest absolute Gasteiger partial charge is 0.302 e. The van der Waals surface area contributed by atoms with Gasteiger partial charge in [-0.2, -0.15) is 0 Å². The third-order valence-corrected chi connectivity index (χ3v) is 18.1. The molecule has 0 aliphatic carbocycles. The Morgan fingerprint density at radius 3 is 0.500 bits per heavy atom. The molecule has 1 aliphatic rings. The van der Waals surface area contributed by atoms with Crippen molar-refractivity contribution < 1.29 is 0 Å². The van der Waals surface area contributed by atoms with Gasteiger partial charge in [0.2, 0.25) is 0 Å². The highest BCUT2D eigenvalue weighted by Gasteiger charge is 2.19. The van der Waals surface area contributed by atoms with Crippen LogP contribution in [-0.4, -0.2) is 123 Å². The van der Waals surface area contributed by atoms with Crippen molar-refractivity contribution in [2.45, 2.75) is 362 Å². The maximum atomic E-state index is 2.93. The van der Waals surface area contributed by atoms with E-state index in [0.717, 1.165) is 0 Å². The van der Waals surface area contributed by atoms with Crippen LogP contribution in [0.4, 0.5) is 0 Å². The Morgan fingerprint density at radius 2 is 0.316 bits per heavy atom. The summed E-state index contributed by atoms with van der Waals surface area (Å²) in [6.45, 7) is 31.1. The van der Waals surface area contributed by atoms with E-state index >= 15 is 0 Å². The summed E-state index contributed by atoms with van der Waals surface area (Å²) < 4.78 is 0. The summed E-state index contributed by atoms with van der Waals surface area (Å²) in [6, 6.07) is 0. The van der Waals surface area contributed by atoms with Gasteiger partial charge in [-0.25, -0.2) is 0 Å². The van der Waals surface area contributed by atoms with Crippen molar-refractivity contribution in [3.63, 3.8) is 0 Å². The van der Waals surface area contributed by atoms with E-state index in [0.29, 0.717) is 0 Å². The third-order valence-electron chi connectivity index (χ3n) is 18.1. The lowest BCUT2D eigenvalue weighted by Gasteiger charge is -2.37. The highest BCUT2D eigenvalue weighted by molar-refractivity contribution is 4.76. The second kappa shape index (κ2) is 62.4. The van der Waals surface area contributed by atoms with Gasteiger partial charge in [-0.05, 0) is 64.8 Å². The first-order chi connectivity index (χ1) is 37.7. The zero-order valence-electron chi connectivity index (χ0n) is 53.9. The second-order valence-corrected chi connectivity index (χ2v) is 25.5. The molecule has 0 bridgehead atoms. The van der Waals surface area contributed by atoms with Gasteiger partial charge in [0, 0.05) is 65.4 Å². The zero-order chi connectivity index (χ0) is 54.6. The molecule has 0 spiro atoms. The van der Waals surface area contributed by atoms with Gasteiger partial charge in [0.1, 0.15) is 0 Å². The SMILES string of the molecule is CCCCCCCCCCCCCCN(CCCCCCCCCCC)CCN(CCCCCCCCCCCC)CCN1CCN(CCN(CCCCCCCCCCCC)CCCCCCCCCCCC)CC1. The molecule has 76 heavy (non-hydrogen) atoms. The fourth-order valence-corrected chi connectivity index (χ4v) is 12.4. The van der Waals surface area contributed by atoms with Gasteiger partial charge in [-0.1, -0.05) is 330 Å². The number of unbranched alkanes of at least 4 members (excludes halogenated alkanes) is 46. The van der Waals surface area contributed by atoms with E-state index in [9.17, 15) is 0 Å². The molecule has 5 nitrogen and oxygen atoms in total. The van der Waals surface area contributed by atoms with E-state index in [2.05, 4.69) is 59.1 Å². The van der Waals surface area contributed by atoms with Crippen LogP contribution in [0.15, 0.2) is 0 Å². The van der Waals surface area contributed by atoms with Crippen molar-refractivity contribution in [3.05, 3.63) is 0 Å². The molecule has 1 aliphatic heterocycles. The van der Waals surface area contributed by atoms with Crippen LogP contribution in [0.2, 0.25) is 0 Å². The standard InChI is InChI=1S/C71H147N5/c1-6-11-16-21-26-31-35-36-41-45-50-53-58-72(57-52-47-42-37-30-25-20-15-10-5)62-64-74(61-56-51-46-40-34-29-24-19-14-9-4)65-67-76-70-68-75(69-71-76)66-63-73(59-54-48-43-38-32-27-22-17-12-7-2)60-55-49-44-39-33-28-23-18-13-8-3/h6-71H2,1-5H3. The maximum absolute atomic E-state index is 2.93. The Hall–Kier alpha value is -0.200. The Morgan fingerprint density at radius 1 is 0.171 bits per heavy atom. The van der Waals surface area contributed by atoms with Crippen LogP contribution in [0.5, 0.6) is 0 Å². The molecule has 1 saturated heterocycles. The van der Waals surface area contributed by atoms with E-state index in [-0.39, 0.29) is 0 Å². The average molecular weight is 1070 g/mol. The normalized spacial score (nSPS) is 13.7. The van der Waals surface area contributed by atoms with Crippen LogP contribution in [0, 0.1) is 0 Å². The summed E-state index contributed by atoms with van der Waals surface area (Å²) >= 11 is 0. The first kappa shape index (κ1) is 73.8. The molecule has 1 heterocycles. The number of nitrogens with zero attached hydrogens (tertiary/aromatic N) is 5. The van der Waals surface area contributed by atoms with Gasteiger partial charge in [-0.3, -0.25) is 9.80 Å². The Balaban J connectivity index is 2.72. The van der Waals surface area contributed by atoms with E-state index in [1.165, 1.54) is 426 Å². The molecule has 1 fully saturated rings. The smallest absolute Gasteiger partial charge is 0.0110 e. The van der Waals surface area contributed by atoms with Crippen LogP contribution in [0.25, 0.3) is 0 Å². The molecule has 0 saturated carbocycles. The summed E-state index contributed by atoms with van der Waals surface area (Å²) in [5, 5.41) is 0. The van der Waals surface area contributed by atoms with E-state index in [1.807, 2.05) is 0 Å². The second-order valence-electron chi connectivity index (χ2n) is 25.5. The lowest BCUT2D eigenvalue weighted by Crippen LogP contribution is -2.50. The van der Waals surface area contributed by atoms with Crippen molar-refractivity contribution in [3.8, 4) is 0 Å². The highest BCUT2D eigenvalue weighted by atomic mass is 15.3. The lowest BCUT2D eigenvalue weighted by molar-refractivity contribution is 0.104. The van der Waals surface area contributed by atoms with Crippen molar-refractivity contribution in [1.82, 2.24) is 24.5 Å². The minimum atomic E-state index is 1.27. The molecule has 0 N–H and O–H groups in total. The molecular formula is C71H147N5. The molecular weight excluding hydrogens is 923 g/mol. The first-order valence-electron chi connectivity index (χ1n) is 36.3. The summed E-state index contributed by atoms with van der Waals surface area (Å²) in [7, 11) is 0. The molecule has 1 rings (SSSR count). The maximum Gasteiger partial charge on any atom is 0.0110 e. The number of rotatable bonds is 65. The molecule has 0 radical (unpaired) electrons. The van der Waals surface area contributed by atoms with Gasteiger partial charge >= 0.3 is 0 Å². The van der Waals surface area contributed by atoms with Gasteiger partial charge < -0.3 is 14.7 Å². The molecule has 0 unspecified atom stereocenters. The van der Waals surface area contributed by atoms with Crippen LogP contribution >= 0.6 is 0 Å². The molecule has 0 amide bonds. The zero-order valence-corrected chi connectivity index (χ0v) is 53.9. The van der Waals surface area contributed by atoms with Crippen molar-refractivity contribution in [2.24, 2.45) is 0 Å². The van der Waals surface area contributed by atoms with Crippen LogP contribution < -0.4 is 0 Å². The number of hydrogen-bond donors (Lipinski definition) is 0. The van der Waals surface area contributed by atoms with Crippen LogP contribution in [0.3, 0.4) is 0 Å². The lowest BCUT2D eigenvalue weighted by atomic mass is 10.1. The Labute approximate surface area is 482 Å². The quantitative estimate of drug-likeness (QED) is 0.0563.